The van der Waals surface area contributed by atoms with Gasteiger partial charge >= 0.3 is 0 Å². The molecule has 0 atom stereocenters. The van der Waals surface area contributed by atoms with Crippen LogP contribution in [0.5, 0.6) is 5.75 Å². The van der Waals surface area contributed by atoms with Gasteiger partial charge in [0.2, 0.25) is 0 Å². The van der Waals surface area contributed by atoms with Crippen molar-refractivity contribution in [1.82, 2.24) is 0 Å². The number of carbonyl (C=O) groups excluding carboxylic acids is 2. The summed E-state index contributed by atoms with van der Waals surface area (Å²) in [6.07, 6.45) is 1.51. The van der Waals surface area contributed by atoms with Crippen molar-refractivity contribution in [1.29, 1.82) is 5.26 Å². The van der Waals surface area contributed by atoms with E-state index in [-0.39, 0.29) is 18.1 Å². The average molecular weight is 440 g/mol. The van der Waals surface area contributed by atoms with Crippen molar-refractivity contribution in [2.45, 2.75) is 20.8 Å². The number of anilines is 2. The number of rotatable bonds is 7. The first-order valence-corrected chi connectivity index (χ1v) is 10.4. The molecule has 3 rings (SSSR count). The van der Waals surface area contributed by atoms with E-state index in [1.807, 2.05) is 63.2 Å². The zero-order valence-corrected chi connectivity index (χ0v) is 18.8. The molecule has 0 heterocycles. The lowest BCUT2D eigenvalue weighted by Crippen LogP contribution is -2.20. The van der Waals surface area contributed by atoms with E-state index in [0.29, 0.717) is 22.7 Å². The second-order valence-electron chi connectivity index (χ2n) is 7.65. The van der Waals surface area contributed by atoms with Crippen molar-refractivity contribution in [3.8, 4) is 11.8 Å². The first kappa shape index (κ1) is 23.3. The third-order valence-corrected chi connectivity index (χ3v) is 5.08. The lowest BCUT2D eigenvalue weighted by Gasteiger charge is -2.10. The number of hydrogen-bond donors (Lipinski definition) is 2. The fourth-order valence-corrected chi connectivity index (χ4v) is 3.12. The zero-order valence-electron chi connectivity index (χ0n) is 18.8. The topological polar surface area (TPSA) is 91.2 Å². The van der Waals surface area contributed by atoms with Crippen LogP contribution in [0.25, 0.3) is 6.08 Å². The van der Waals surface area contributed by atoms with Crippen LogP contribution in [0.2, 0.25) is 0 Å². The largest absolute Gasteiger partial charge is 0.484 e. The maximum Gasteiger partial charge on any atom is 0.266 e. The number of aryl methyl sites for hydroxylation is 2. The maximum atomic E-state index is 12.6. The molecule has 0 spiro atoms. The number of hydrogen-bond acceptors (Lipinski definition) is 4. The van der Waals surface area contributed by atoms with E-state index in [1.165, 1.54) is 6.08 Å². The summed E-state index contributed by atoms with van der Waals surface area (Å²) in [6.45, 7) is 5.69. The van der Waals surface area contributed by atoms with Crippen molar-refractivity contribution in [2.24, 2.45) is 0 Å². The lowest BCUT2D eigenvalue weighted by atomic mass is 10.1. The van der Waals surface area contributed by atoms with E-state index in [0.717, 1.165) is 16.7 Å². The Morgan fingerprint density at radius 1 is 0.970 bits per heavy atom. The Balaban J connectivity index is 1.59. The van der Waals surface area contributed by atoms with Gasteiger partial charge in [0.15, 0.2) is 6.61 Å². The third-order valence-electron chi connectivity index (χ3n) is 5.08. The SMILES string of the molecule is Cc1cccc(NC(=O)COc2ccc(/C=C(\C#N)C(=O)Nc3cccc(C)c3C)cc2)c1. The van der Waals surface area contributed by atoms with Gasteiger partial charge in [-0.1, -0.05) is 36.4 Å². The second kappa shape index (κ2) is 10.8. The van der Waals surface area contributed by atoms with Gasteiger partial charge in [-0.2, -0.15) is 5.26 Å². The van der Waals surface area contributed by atoms with Gasteiger partial charge in [0.25, 0.3) is 11.8 Å². The molecule has 0 saturated heterocycles. The summed E-state index contributed by atoms with van der Waals surface area (Å²) in [7, 11) is 0. The van der Waals surface area contributed by atoms with Crippen LogP contribution >= 0.6 is 0 Å². The molecule has 0 aliphatic heterocycles. The minimum atomic E-state index is -0.473. The fraction of sp³-hybridized carbons (Fsp3) is 0.148. The summed E-state index contributed by atoms with van der Waals surface area (Å²) in [4.78, 5) is 24.6. The molecule has 6 heteroatoms. The fourth-order valence-electron chi connectivity index (χ4n) is 3.12. The Morgan fingerprint density at radius 3 is 2.39 bits per heavy atom. The molecule has 3 aromatic carbocycles. The van der Waals surface area contributed by atoms with Gasteiger partial charge in [-0.25, -0.2) is 0 Å². The summed E-state index contributed by atoms with van der Waals surface area (Å²) in [5, 5.41) is 15.0. The molecule has 0 aliphatic rings. The molecule has 0 unspecified atom stereocenters. The molecule has 0 fully saturated rings. The molecule has 2 amide bonds. The lowest BCUT2D eigenvalue weighted by molar-refractivity contribution is -0.118. The van der Waals surface area contributed by atoms with Gasteiger partial charge in [-0.15, -0.1) is 0 Å². The predicted molar refractivity (Wildman–Crippen MR) is 130 cm³/mol. The first-order chi connectivity index (χ1) is 15.9. The molecule has 166 valence electrons. The summed E-state index contributed by atoms with van der Waals surface area (Å²) < 4.78 is 5.53. The number of amides is 2. The van der Waals surface area contributed by atoms with E-state index in [1.54, 1.807) is 30.3 Å². The summed E-state index contributed by atoms with van der Waals surface area (Å²) in [5.41, 5.74) is 5.11. The van der Waals surface area contributed by atoms with E-state index in [9.17, 15) is 14.9 Å². The minimum absolute atomic E-state index is 0.0119. The highest BCUT2D eigenvalue weighted by molar-refractivity contribution is 6.10. The highest BCUT2D eigenvalue weighted by atomic mass is 16.5. The molecule has 3 aromatic rings. The molecular formula is C27H25N3O3. The van der Waals surface area contributed by atoms with Crippen molar-refractivity contribution in [2.75, 3.05) is 17.2 Å². The quantitative estimate of drug-likeness (QED) is 0.392. The van der Waals surface area contributed by atoms with E-state index in [4.69, 9.17) is 4.74 Å². The molecule has 6 nitrogen and oxygen atoms in total. The van der Waals surface area contributed by atoms with Crippen LogP contribution in [0.4, 0.5) is 11.4 Å². The van der Waals surface area contributed by atoms with Gasteiger partial charge in [0.05, 0.1) is 0 Å². The summed E-state index contributed by atoms with van der Waals surface area (Å²) in [6, 6.07) is 21.9. The van der Waals surface area contributed by atoms with Crippen LogP contribution in [0, 0.1) is 32.1 Å². The Labute approximate surface area is 193 Å². The molecular weight excluding hydrogens is 414 g/mol. The highest BCUT2D eigenvalue weighted by Crippen LogP contribution is 2.20. The van der Waals surface area contributed by atoms with Crippen LogP contribution in [0.3, 0.4) is 0 Å². The van der Waals surface area contributed by atoms with Crippen LogP contribution in [0.1, 0.15) is 22.3 Å². The van der Waals surface area contributed by atoms with Crippen LogP contribution in [0.15, 0.2) is 72.3 Å². The Hall–Kier alpha value is -4.37. The Morgan fingerprint density at radius 2 is 1.70 bits per heavy atom. The maximum absolute atomic E-state index is 12.6. The van der Waals surface area contributed by atoms with E-state index >= 15 is 0 Å². The minimum Gasteiger partial charge on any atom is -0.484 e. The van der Waals surface area contributed by atoms with E-state index < -0.39 is 5.91 Å². The molecule has 0 aromatic heterocycles. The van der Waals surface area contributed by atoms with Gasteiger partial charge in [0.1, 0.15) is 17.4 Å². The third kappa shape index (κ3) is 6.55. The molecule has 0 saturated carbocycles. The second-order valence-corrected chi connectivity index (χ2v) is 7.65. The smallest absolute Gasteiger partial charge is 0.266 e. The first-order valence-electron chi connectivity index (χ1n) is 10.4. The molecule has 33 heavy (non-hydrogen) atoms. The predicted octanol–water partition coefficient (Wildman–Crippen LogP) is 5.18. The van der Waals surface area contributed by atoms with Gasteiger partial charge in [-0.3, -0.25) is 9.59 Å². The van der Waals surface area contributed by atoms with Crippen molar-refractivity contribution >= 4 is 29.3 Å². The molecule has 0 aliphatic carbocycles. The van der Waals surface area contributed by atoms with Gasteiger partial charge < -0.3 is 15.4 Å². The molecule has 0 bridgehead atoms. The zero-order chi connectivity index (χ0) is 23.8. The normalized spacial score (nSPS) is 10.8. The van der Waals surface area contributed by atoms with Crippen molar-refractivity contribution in [3.05, 3.63) is 94.6 Å². The number of benzene rings is 3. The molecule has 2 N–H and O–H groups in total. The number of carbonyl (C=O) groups is 2. The van der Waals surface area contributed by atoms with Crippen LogP contribution < -0.4 is 15.4 Å². The van der Waals surface area contributed by atoms with E-state index in [2.05, 4.69) is 10.6 Å². The van der Waals surface area contributed by atoms with Crippen LogP contribution in [-0.4, -0.2) is 18.4 Å². The number of nitrogens with one attached hydrogen (secondary N) is 2. The highest BCUT2D eigenvalue weighted by Gasteiger charge is 2.12. The molecule has 0 radical (unpaired) electrons. The standard InChI is InChI=1S/C27H25N3O3/c1-18-6-4-8-23(14-18)29-26(31)17-33-24-12-10-21(11-13-24)15-22(16-28)27(32)30-25-9-5-7-19(2)20(25)3/h4-15H,17H2,1-3H3,(H,29,31)(H,30,32)/b22-15+. The number of ether oxygens (including phenoxy) is 1. The summed E-state index contributed by atoms with van der Waals surface area (Å²) >= 11 is 0. The summed E-state index contributed by atoms with van der Waals surface area (Å²) in [5.74, 6) is -0.233. The Bertz CT molecular complexity index is 1240. The number of nitrogens with zero attached hydrogens (tertiary/aromatic N) is 1. The van der Waals surface area contributed by atoms with Crippen molar-refractivity contribution in [3.63, 3.8) is 0 Å². The Kier molecular flexibility index (Phi) is 7.61. The van der Waals surface area contributed by atoms with Gasteiger partial charge in [0, 0.05) is 11.4 Å². The van der Waals surface area contributed by atoms with Crippen LogP contribution in [-0.2, 0) is 9.59 Å². The number of nitriles is 1. The van der Waals surface area contributed by atoms with Gasteiger partial charge in [-0.05, 0) is 79.4 Å². The monoisotopic (exact) mass is 439 g/mol. The van der Waals surface area contributed by atoms with Crippen molar-refractivity contribution < 1.29 is 14.3 Å². The average Bonchev–Trinajstić information content (AvgIpc) is 2.80.